The molecule has 1 aromatic rings. The summed E-state index contributed by atoms with van der Waals surface area (Å²) < 4.78 is 0.354. The second-order valence-corrected chi connectivity index (χ2v) is 4.22. The van der Waals surface area contributed by atoms with Crippen molar-refractivity contribution >= 4 is 39.3 Å². The fourth-order valence-electron chi connectivity index (χ4n) is 1.13. The number of rotatable bonds is 3. The summed E-state index contributed by atoms with van der Waals surface area (Å²) in [6.07, 6.45) is 0. The molecule has 0 aliphatic carbocycles. The summed E-state index contributed by atoms with van der Waals surface area (Å²) >= 11 is 8.98. The van der Waals surface area contributed by atoms with Gasteiger partial charge in [-0.25, -0.2) is 4.79 Å². The van der Waals surface area contributed by atoms with E-state index in [-0.39, 0.29) is 11.3 Å². The molecule has 3 nitrogen and oxygen atoms in total. The van der Waals surface area contributed by atoms with Crippen LogP contribution < -0.4 is 0 Å². The minimum absolute atomic E-state index is 0.0967. The Balaban J connectivity index is 3.26. The number of carboxylic acids is 1. The van der Waals surface area contributed by atoms with Crippen molar-refractivity contribution in [3.8, 4) is 0 Å². The number of carboxylic acid groups (broad SMARTS) is 1. The number of halogens is 2. The Morgan fingerprint density at radius 1 is 1.47 bits per heavy atom. The van der Waals surface area contributed by atoms with E-state index in [1.807, 2.05) is 0 Å². The lowest BCUT2D eigenvalue weighted by Crippen LogP contribution is -2.06. The number of benzene rings is 1. The monoisotopic (exact) mass is 290 g/mol. The van der Waals surface area contributed by atoms with Gasteiger partial charge in [-0.15, -0.1) is 11.6 Å². The highest BCUT2D eigenvalue weighted by atomic mass is 79.9. The number of hydrogen-bond donors (Lipinski definition) is 1. The van der Waals surface area contributed by atoms with E-state index in [1.54, 1.807) is 12.1 Å². The fourth-order valence-corrected chi connectivity index (χ4v) is 2.11. The Labute approximate surface area is 100 Å². The summed E-state index contributed by atoms with van der Waals surface area (Å²) in [5, 5.41) is 8.03. The number of hydrogen-bond acceptors (Lipinski definition) is 2. The van der Waals surface area contributed by atoms with Crippen LogP contribution in [0, 0.1) is 0 Å². The van der Waals surface area contributed by atoms with E-state index in [9.17, 15) is 9.59 Å². The van der Waals surface area contributed by atoms with Crippen LogP contribution in [-0.2, 0) is 4.79 Å². The van der Waals surface area contributed by atoms with Crippen molar-refractivity contribution in [3.63, 3.8) is 0 Å². The van der Waals surface area contributed by atoms with Gasteiger partial charge in [0.05, 0.1) is 5.56 Å². The molecule has 0 fully saturated rings. The zero-order valence-corrected chi connectivity index (χ0v) is 10.2. The molecule has 15 heavy (non-hydrogen) atoms. The van der Waals surface area contributed by atoms with E-state index in [4.69, 9.17) is 16.7 Å². The van der Waals surface area contributed by atoms with Gasteiger partial charge in [-0.2, -0.15) is 0 Å². The zero-order chi connectivity index (χ0) is 11.6. The van der Waals surface area contributed by atoms with Crippen molar-refractivity contribution in [1.29, 1.82) is 0 Å². The summed E-state index contributed by atoms with van der Waals surface area (Å²) in [4.78, 5) is 21.9. The van der Waals surface area contributed by atoms with Crippen LogP contribution in [0.15, 0.2) is 22.7 Å². The molecule has 1 atom stereocenters. The third-order valence-corrected chi connectivity index (χ3v) is 3.32. The van der Waals surface area contributed by atoms with Gasteiger partial charge >= 0.3 is 5.97 Å². The van der Waals surface area contributed by atoms with Crippen molar-refractivity contribution in [2.24, 2.45) is 0 Å². The van der Waals surface area contributed by atoms with Gasteiger partial charge in [-0.3, -0.25) is 4.79 Å². The summed E-state index contributed by atoms with van der Waals surface area (Å²) in [7, 11) is 0. The highest BCUT2D eigenvalue weighted by molar-refractivity contribution is 9.10. The minimum atomic E-state index is -1.06. The maximum absolute atomic E-state index is 11.1. The van der Waals surface area contributed by atoms with Gasteiger partial charge in [-0.05, 0) is 34.5 Å². The molecular weight excluding hydrogens is 283 g/mol. The Bertz CT molecular complexity index is 417. The predicted octanol–water partition coefficient (Wildman–Crippen LogP) is 3.02. The summed E-state index contributed by atoms with van der Waals surface area (Å²) in [6.45, 7) is 1.36. The van der Waals surface area contributed by atoms with Gasteiger partial charge in [0.25, 0.3) is 0 Å². The second-order valence-electron chi connectivity index (χ2n) is 2.99. The summed E-state index contributed by atoms with van der Waals surface area (Å²) in [6, 6.07) is 4.62. The van der Waals surface area contributed by atoms with Crippen LogP contribution in [0.3, 0.4) is 0 Å². The van der Waals surface area contributed by atoms with Crippen LogP contribution in [-0.4, -0.2) is 16.9 Å². The predicted molar refractivity (Wildman–Crippen MR) is 60.4 cm³/mol. The fraction of sp³-hybridized carbons (Fsp3) is 0.200. The Kier molecular flexibility index (Phi) is 3.88. The molecule has 0 radical (unpaired) electrons. The molecule has 0 spiro atoms. The van der Waals surface area contributed by atoms with Crippen LogP contribution in [0.25, 0.3) is 0 Å². The molecule has 0 aromatic heterocycles. The van der Waals surface area contributed by atoms with Gasteiger partial charge in [0.2, 0.25) is 0 Å². The second kappa shape index (κ2) is 4.77. The van der Waals surface area contributed by atoms with Gasteiger partial charge < -0.3 is 5.11 Å². The molecule has 0 heterocycles. The maximum Gasteiger partial charge on any atom is 0.336 e. The van der Waals surface area contributed by atoms with Gasteiger partial charge in [-0.1, -0.05) is 12.1 Å². The molecular formula is C10H8BrClO3. The first-order valence-electron chi connectivity index (χ1n) is 4.11. The smallest absolute Gasteiger partial charge is 0.336 e. The lowest BCUT2D eigenvalue weighted by atomic mass is 10.1. The van der Waals surface area contributed by atoms with Crippen molar-refractivity contribution in [2.75, 3.05) is 0 Å². The first kappa shape index (κ1) is 12.2. The third-order valence-electron chi connectivity index (χ3n) is 1.89. The average Bonchev–Trinajstić information content (AvgIpc) is 2.16. The van der Waals surface area contributed by atoms with E-state index in [0.29, 0.717) is 10.0 Å². The van der Waals surface area contributed by atoms with Crippen LogP contribution in [0.4, 0.5) is 0 Å². The van der Waals surface area contributed by atoms with Crippen LogP contribution in [0.2, 0.25) is 0 Å². The Morgan fingerprint density at radius 2 is 2.07 bits per heavy atom. The number of Topliss-reactive ketones (excluding diaryl/α,β-unsaturated/α-hetero) is 1. The molecule has 0 aliphatic heterocycles. The van der Waals surface area contributed by atoms with Gasteiger partial charge in [0.1, 0.15) is 5.38 Å². The largest absolute Gasteiger partial charge is 0.478 e. The van der Waals surface area contributed by atoms with Crippen molar-refractivity contribution in [2.45, 2.75) is 12.3 Å². The molecule has 80 valence electrons. The molecule has 1 rings (SSSR count). The summed E-state index contributed by atoms with van der Waals surface area (Å²) in [5.74, 6) is -1.28. The topological polar surface area (TPSA) is 54.4 Å². The van der Waals surface area contributed by atoms with E-state index < -0.39 is 11.3 Å². The number of alkyl halides is 1. The van der Waals surface area contributed by atoms with E-state index in [1.165, 1.54) is 13.0 Å². The summed E-state index contributed by atoms with van der Waals surface area (Å²) in [5.41, 5.74) is 0.573. The molecule has 0 amide bonds. The molecule has 0 saturated heterocycles. The molecule has 1 N–H and O–H groups in total. The Hall–Kier alpha value is -0.870. The third kappa shape index (κ3) is 2.58. The average molecular weight is 292 g/mol. The van der Waals surface area contributed by atoms with E-state index in [0.717, 1.165) is 0 Å². The molecule has 0 saturated carbocycles. The quantitative estimate of drug-likeness (QED) is 0.871. The van der Waals surface area contributed by atoms with Crippen molar-refractivity contribution < 1.29 is 14.7 Å². The normalized spacial score (nSPS) is 12.2. The number of carbonyl (C=O) groups is 2. The number of carbonyl (C=O) groups excluding carboxylic acids is 1. The van der Waals surface area contributed by atoms with Crippen LogP contribution in [0.1, 0.15) is 28.2 Å². The molecule has 1 aromatic carbocycles. The van der Waals surface area contributed by atoms with Gasteiger partial charge in [0, 0.05) is 4.47 Å². The molecule has 0 aliphatic rings. The first-order chi connectivity index (χ1) is 6.95. The van der Waals surface area contributed by atoms with Gasteiger partial charge in [0.15, 0.2) is 5.78 Å². The number of ketones is 1. The maximum atomic E-state index is 11.1. The molecule has 0 bridgehead atoms. The SMILES string of the molecule is CC(=O)C(Cl)c1cccc(C(=O)O)c1Br. The standard InChI is InChI=1S/C10H8BrClO3/c1-5(13)9(12)6-3-2-4-7(8(6)11)10(14)15/h2-4,9H,1H3,(H,14,15). The highest BCUT2D eigenvalue weighted by Crippen LogP contribution is 2.31. The minimum Gasteiger partial charge on any atom is -0.478 e. The van der Waals surface area contributed by atoms with E-state index in [2.05, 4.69) is 15.9 Å². The zero-order valence-electron chi connectivity index (χ0n) is 7.83. The Morgan fingerprint density at radius 3 is 2.53 bits per heavy atom. The van der Waals surface area contributed by atoms with E-state index >= 15 is 0 Å². The highest BCUT2D eigenvalue weighted by Gasteiger charge is 2.19. The van der Waals surface area contributed by atoms with Crippen molar-refractivity contribution in [3.05, 3.63) is 33.8 Å². The van der Waals surface area contributed by atoms with Crippen LogP contribution in [0.5, 0.6) is 0 Å². The lowest BCUT2D eigenvalue weighted by molar-refractivity contribution is -0.116. The molecule has 1 unspecified atom stereocenters. The van der Waals surface area contributed by atoms with Crippen LogP contribution >= 0.6 is 27.5 Å². The molecule has 5 heteroatoms. The first-order valence-corrected chi connectivity index (χ1v) is 5.34. The lowest BCUT2D eigenvalue weighted by Gasteiger charge is -2.10. The van der Waals surface area contributed by atoms with Crippen molar-refractivity contribution in [1.82, 2.24) is 0 Å². The number of aromatic carboxylic acids is 1.